The standard InChI is InChI=1S/C22H18N4/c1-15-10-20-21(11-16(15)2)26(14-19-7-4-3-6-17(19)12-23)22(25-20)18-8-5-9-24-13-18/h3-11,13H,14H2,1-2H3. The van der Waals surface area contributed by atoms with Gasteiger partial charge < -0.3 is 4.57 Å². The van der Waals surface area contributed by atoms with Crippen LogP contribution >= 0.6 is 0 Å². The van der Waals surface area contributed by atoms with Crippen LogP contribution in [0.2, 0.25) is 0 Å². The summed E-state index contributed by atoms with van der Waals surface area (Å²) in [5, 5.41) is 9.44. The first-order chi connectivity index (χ1) is 12.7. The molecule has 0 N–H and O–H groups in total. The van der Waals surface area contributed by atoms with Crippen LogP contribution in [0, 0.1) is 25.2 Å². The summed E-state index contributed by atoms with van der Waals surface area (Å²) in [7, 11) is 0. The quantitative estimate of drug-likeness (QED) is 0.547. The molecule has 0 aliphatic carbocycles. The topological polar surface area (TPSA) is 54.5 Å². The van der Waals surface area contributed by atoms with E-state index in [1.54, 1.807) is 6.20 Å². The molecule has 4 heteroatoms. The first kappa shape index (κ1) is 16.0. The molecule has 0 amide bonds. The van der Waals surface area contributed by atoms with Crippen LogP contribution in [0.3, 0.4) is 0 Å². The first-order valence-electron chi connectivity index (χ1n) is 8.53. The monoisotopic (exact) mass is 338 g/mol. The minimum absolute atomic E-state index is 0.590. The molecule has 4 aromatic rings. The number of hydrogen-bond acceptors (Lipinski definition) is 3. The number of imidazole rings is 1. The zero-order valence-electron chi connectivity index (χ0n) is 14.8. The lowest BCUT2D eigenvalue weighted by Gasteiger charge is -2.11. The molecule has 2 heterocycles. The zero-order valence-corrected chi connectivity index (χ0v) is 14.8. The molecule has 0 saturated carbocycles. The Morgan fingerprint density at radius 3 is 2.62 bits per heavy atom. The Hall–Kier alpha value is -3.45. The van der Waals surface area contributed by atoms with Gasteiger partial charge in [-0.05, 0) is 60.9 Å². The number of aromatic nitrogens is 3. The molecule has 0 spiro atoms. The van der Waals surface area contributed by atoms with Gasteiger partial charge in [0, 0.05) is 18.0 Å². The van der Waals surface area contributed by atoms with Crippen LogP contribution in [0.5, 0.6) is 0 Å². The van der Waals surface area contributed by atoms with Gasteiger partial charge in [0.1, 0.15) is 5.82 Å². The molecule has 2 aromatic heterocycles. The number of hydrogen-bond donors (Lipinski definition) is 0. The summed E-state index contributed by atoms with van der Waals surface area (Å²) < 4.78 is 2.18. The van der Waals surface area contributed by atoms with Crippen LogP contribution in [0.4, 0.5) is 0 Å². The van der Waals surface area contributed by atoms with E-state index >= 15 is 0 Å². The van der Waals surface area contributed by atoms with Crippen molar-refractivity contribution in [1.29, 1.82) is 5.26 Å². The minimum atomic E-state index is 0.590. The van der Waals surface area contributed by atoms with Crippen LogP contribution in [0.15, 0.2) is 60.9 Å². The van der Waals surface area contributed by atoms with Crippen molar-refractivity contribution in [2.24, 2.45) is 0 Å². The SMILES string of the molecule is Cc1cc2nc(-c3cccnc3)n(Cc3ccccc3C#N)c2cc1C. The van der Waals surface area contributed by atoms with E-state index in [2.05, 4.69) is 41.6 Å². The van der Waals surface area contributed by atoms with Gasteiger partial charge in [0.15, 0.2) is 0 Å². The molecular formula is C22H18N4. The average Bonchev–Trinajstić information content (AvgIpc) is 3.01. The van der Waals surface area contributed by atoms with Crippen LogP contribution < -0.4 is 0 Å². The number of fused-ring (bicyclic) bond motifs is 1. The normalized spacial score (nSPS) is 10.8. The highest BCUT2D eigenvalue weighted by Crippen LogP contribution is 2.28. The first-order valence-corrected chi connectivity index (χ1v) is 8.53. The summed E-state index contributed by atoms with van der Waals surface area (Å²) in [6, 6.07) is 18.2. The second-order valence-corrected chi connectivity index (χ2v) is 6.46. The molecule has 0 aliphatic rings. The highest BCUT2D eigenvalue weighted by Gasteiger charge is 2.15. The predicted octanol–water partition coefficient (Wildman–Crippen LogP) is 4.64. The van der Waals surface area contributed by atoms with Gasteiger partial charge in [-0.3, -0.25) is 4.98 Å². The Bertz CT molecular complexity index is 1130. The van der Waals surface area contributed by atoms with Crippen LogP contribution in [0.25, 0.3) is 22.4 Å². The van der Waals surface area contributed by atoms with Crippen LogP contribution in [-0.2, 0) is 6.54 Å². The zero-order chi connectivity index (χ0) is 18.1. The third-order valence-electron chi connectivity index (χ3n) is 4.75. The summed E-state index contributed by atoms with van der Waals surface area (Å²) in [6.45, 7) is 4.80. The summed E-state index contributed by atoms with van der Waals surface area (Å²) in [4.78, 5) is 9.12. The highest BCUT2D eigenvalue weighted by atomic mass is 15.1. The van der Waals surface area contributed by atoms with Crippen LogP contribution in [-0.4, -0.2) is 14.5 Å². The van der Waals surface area contributed by atoms with Gasteiger partial charge in [0.2, 0.25) is 0 Å². The van der Waals surface area contributed by atoms with E-state index in [9.17, 15) is 5.26 Å². The van der Waals surface area contributed by atoms with Gasteiger partial charge in [-0.1, -0.05) is 18.2 Å². The number of benzene rings is 2. The molecule has 4 nitrogen and oxygen atoms in total. The molecule has 0 radical (unpaired) electrons. The molecule has 2 aromatic carbocycles. The van der Waals surface area contributed by atoms with E-state index in [0.717, 1.165) is 28.0 Å². The lowest BCUT2D eigenvalue weighted by atomic mass is 10.1. The van der Waals surface area contributed by atoms with E-state index in [1.165, 1.54) is 11.1 Å². The molecule has 0 aliphatic heterocycles. The molecular weight excluding hydrogens is 320 g/mol. The Morgan fingerprint density at radius 1 is 1.04 bits per heavy atom. The lowest BCUT2D eigenvalue weighted by molar-refractivity contribution is 0.831. The Balaban J connectivity index is 1.96. The van der Waals surface area contributed by atoms with Gasteiger partial charge in [0.05, 0.1) is 29.2 Å². The van der Waals surface area contributed by atoms with Gasteiger partial charge in [-0.2, -0.15) is 5.26 Å². The van der Waals surface area contributed by atoms with Gasteiger partial charge >= 0.3 is 0 Å². The molecule has 0 bridgehead atoms. The Labute approximate surface area is 152 Å². The largest absolute Gasteiger partial charge is 0.319 e. The number of pyridine rings is 1. The van der Waals surface area contributed by atoms with E-state index in [0.29, 0.717) is 12.1 Å². The van der Waals surface area contributed by atoms with Crippen molar-refractivity contribution >= 4 is 11.0 Å². The second kappa shape index (κ2) is 6.45. The fraction of sp³-hybridized carbons (Fsp3) is 0.136. The number of rotatable bonds is 3. The fourth-order valence-electron chi connectivity index (χ4n) is 3.19. The smallest absolute Gasteiger partial charge is 0.143 e. The van der Waals surface area contributed by atoms with E-state index in [4.69, 9.17) is 4.98 Å². The number of aryl methyl sites for hydroxylation is 2. The van der Waals surface area contributed by atoms with Gasteiger partial charge in [-0.15, -0.1) is 0 Å². The summed E-state index contributed by atoms with van der Waals surface area (Å²) in [6.07, 6.45) is 3.59. The molecule has 4 rings (SSSR count). The van der Waals surface area contributed by atoms with E-state index in [1.807, 2.05) is 42.6 Å². The predicted molar refractivity (Wildman–Crippen MR) is 103 cm³/mol. The maximum absolute atomic E-state index is 9.44. The van der Waals surface area contributed by atoms with Crippen molar-refractivity contribution in [1.82, 2.24) is 14.5 Å². The van der Waals surface area contributed by atoms with Gasteiger partial charge in [0.25, 0.3) is 0 Å². The Morgan fingerprint density at radius 2 is 1.85 bits per heavy atom. The van der Waals surface area contributed by atoms with Crippen molar-refractivity contribution in [3.63, 3.8) is 0 Å². The molecule has 126 valence electrons. The summed E-state index contributed by atoms with van der Waals surface area (Å²) in [5.41, 5.74) is 7.12. The van der Waals surface area contributed by atoms with E-state index in [-0.39, 0.29) is 0 Å². The maximum Gasteiger partial charge on any atom is 0.143 e. The van der Waals surface area contributed by atoms with E-state index < -0.39 is 0 Å². The van der Waals surface area contributed by atoms with Crippen molar-refractivity contribution in [2.75, 3.05) is 0 Å². The van der Waals surface area contributed by atoms with Crippen LogP contribution in [0.1, 0.15) is 22.3 Å². The summed E-state index contributed by atoms with van der Waals surface area (Å²) >= 11 is 0. The van der Waals surface area contributed by atoms with Crippen molar-refractivity contribution in [3.8, 4) is 17.5 Å². The average molecular weight is 338 g/mol. The van der Waals surface area contributed by atoms with Crippen molar-refractivity contribution in [2.45, 2.75) is 20.4 Å². The summed E-state index contributed by atoms with van der Waals surface area (Å²) in [5.74, 6) is 0.867. The van der Waals surface area contributed by atoms with Crippen molar-refractivity contribution < 1.29 is 0 Å². The third kappa shape index (κ3) is 2.74. The molecule has 0 atom stereocenters. The third-order valence-corrected chi connectivity index (χ3v) is 4.75. The second-order valence-electron chi connectivity index (χ2n) is 6.46. The van der Waals surface area contributed by atoms with Crippen molar-refractivity contribution in [3.05, 3.63) is 83.2 Å². The Kier molecular flexibility index (Phi) is 3.98. The highest BCUT2D eigenvalue weighted by molar-refractivity contribution is 5.82. The molecule has 0 unspecified atom stereocenters. The lowest BCUT2D eigenvalue weighted by Crippen LogP contribution is -2.04. The molecule has 26 heavy (non-hydrogen) atoms. The fourth-order valence-corrected chi connectivity index (χ4v) is 3.19. The molecule has 0 fully saturated rings. The number of nitriles is 1. The van der Waals surface area contributed by atoms with Gasteiger partial charge in [-0.25, -0.2) is 4.98 Å². The maximum atomic E-state index is 9.44. The number of nitrogens with zero attached hydrogens (tertiary/aromatic N) is 4. The molecule has 0 saturated heterocycles. The minimum Gasteiger partial charge on any atom is -0.319 e.